The Morgan fingerprint density at radius 1 is 1.07 bits per heavy atom. The number of hydrogen-bond acceptors (Lipinski definition) is 3. The highest BCUT2D eigenvalue weighted by atomic mass is 32.1. The Bertz CT molecular complexity index is 1290. The second-order valence-electron chi connectivity index (χ2n) is 6.61. The van der Waals surface area contributed by atoms with Crippen molar-refractivity contribution in [2.45, 2.75) is 13.5 Å². The van der Waals surface area contributed by atoms with Crippen molar-refractivity contribution in [3.63, 3.8) is 0 Å². The summed E-state index contributed by atoms with van der Waals surface area (Å²) in [5.41, 5.74) is 0.294. The van der Waals surface area contributed by atoms with Gasteiger partial charge in [-0.05, 0) is 30.2 Å². The summed E-state index contributed by atoms with van der Waals surface area (Å²) < 4.78 is 29.8. The maximum absolute atomic E-state index is 14.2. The first-order chi connectivity index (χ1) is 13.9. The van der Waals surface area contributed by atoms with Crippen molar-refractivity contribution in [3.8, 4) is 10.4 Å². The summed E-state index contributed by atoms with van der Waals surface area (Å²) in [6, 6.07) is 12.9. The summed E-state index contributed by atoms with van der Waals surface area (Å²) in [6.07, 6.45) is 1.16. The number of nitrogens with zero attached hydrogens (tertiary/aromatic N) is 1. The van der Waals surface area contributed by atoms with Crippen molar-refractivity contribution in [2.75, 3.05) is 0 Å². The lowest BCUT2D eigenvalue weighted by molar-refractivity contribution is 0.0695. The van der Waals surface area contributed by atoms with Gasteiger partial charge >= 0.3 is 5.97 Å². The third-order valence-corrected chi connectivity index (χ3v) is 6.18. The number of aryl methyl sites for hydroxylation is 1. The first-order valence-electron chi connectivity index (χ1n) is 8.76. The lowest BCUT2D eigenvalue weighted by Crippen LogP contribution is -2.19. The zero-order chi connectivity index (χ0) is 20.7. The fourth-order valence-corrected chi connectivity index (χ4v) is 4.65. The van der Waals surface area contributed by atoms with Crippen LogP contribution in [0.1, 0.15) is 21.5 Å². The van der Waals surface area contributed by atoms with E-state index in [0.717, 1.165) is 28.8 Å². The summed E-state index contributed by atoms with van der Waals surface area (Å²) in [4.78, 5) is 25.8. The molecule has 0 atom stereocenters. The Balaban J connectivity index is 2.02. The number of rotatable bonds is 4. The summed E-state index contributed by atoms with van der Waals surface area (Å²) in [5, 5.41) is 9.74. The third-order valence-electron chi connectivity index (χ3n) is 4.80. The number of carbonyl (C=O) groups is 1. The predicted octanol–water partition coefficient (Wildman–Crippen LogP) is 5.06. The molecule has 0 aliphatic rings. The van der Waals surface area contributed by atoms with Gasteiger partial charge < -0.3 is 9.67 Å². The Morgan fingerprint density at radius 2 is 1.72 bits per heavy atom. The minimum atomic E-state index is -1.38. The summed E-state index contributed by atoms with van der Waals surface area (Å²) in [5.74, 6) is -2.85. The molecule has 2 heterocycles. The van der Waals surface area contributed by atoms with Crippen molar-refractivity contribution in [1.29, 1.82) is 0 Å². The Hall–Kier alpha value is -3.32. The normalized spacial score (nSPS) is 11.1. The fraction of sp³-hybridized carbons (Fsp3) is 0.0909. The van der Waals surface area contributed by atoms with Gasteiger partial charge in [-0.15, -0.1) is 11.3 Å². The van der Waals surface area contributed by atoms with Gasteiger partial charge in [0.25, 0.3) is 0 Å². The number of carboxylic acid groups (broad SMARTS) is 1. The molecule has 0 aliphatic carbocycles. The van der Waals surface area contributed by atoms with E-state index in [-0.39, 0.29) is 17.5 Å². The van der Waals surface area contributed by atoms with Crippen LogP contribution >= 0.6 is 11.3 Å². The van der Waals surface area contributed by atoms with Crippen LogP contribution in [0.15, 0.2) is 59.5 Å². The highest BCUT2D eigenvalue weighted by molar-refractivity contribution is 7.22. The van der Waals surface area contributed by atoms with E-state index >= 15 is 0 Å². The first kappa shape index (κ1) is 19.0. The lowest BCUT2D eigenvalue weighted by atomic mass is 10.1. The van der Waals surface area contributed by atoms with Crippen LogP contribution in [0.5, 0.6) is 0 Å². The van der Waals surface area contributed by atoms with E-state index in [4.69, 9.17) is 0 Å². The molecule has 0 unspecified atom stereocenters. The standard InChI is InChI=1S/C22H15F2NO3S/c1-12-18-19(26)15(22(27)28)11-25(10-14-16(23)8-5-9-17(14)24)21(18)29-20(12)13-6-3-2-4-7-13/h2-9,11H,10H2,1H3,(H,27,28). The van der Waals surface area contributed by atoms with Gasteiger partial charge in [0.2, 0.25) is 5.43 Å². The molecule has 0 amide bonds. The van der Waals surface area contributed by atoms with E-state index < -0.39 is 28.6 Å². The number of carboxylic acids is 1. The van der Waals surface area contributed by atoms with Gasteiger partial charge in [-0.2, -0.15) is 0 Å². The highest BCUT2D eigenvalue weighted by Crippen LogP contribution is 2.37. The van der Waals surface area contributed by atoms with Crippen molar-refractivity contribution in [1.82, 2.24) is 4.57 Å². The molecule has 2 aromatic heterocycles. The molecule has 0 saturated carbocycles. The molecule has 1 N–H and O–H groups in total. The molecule has 0 aliphatic heterocycles. The van der Waals surface area contributed by atoms with Crippen LogP contribution in [0.4, 0.5) is 8.78 Å². The van der Waals surface area contributed by atoms with E-state index in [0.29, 0.717) is 10.4 Å². The number of halogens is 2. The van der Waals surface area contributed by atoms with Crippen LogP contribution < -0.4 is 5.43 Å². The Labute approximate surface area is 168 Å². The van der Waals surface area contributed by atoms with Gasteiger partial charge in [0.15, 0.2) is 0 Å². The topological polar surface area (TPSA) is 59.3 Å². The van der Waals surface area contributed by atoms with E-state index in [1.807, 2.05) is 30.3 Å². The molecule has 4 rings (SSSR count). The van der Waals surface area contributed by atoms with E-state index in [9.17, 15) is 23.5 Å². The maximum atomic E-state index is 14.2. The second kappa shape index (κ2) is 7.25. The Morgan fingerprint density at radius 3 is 2.34 bits per heavy atom. The summed E-state index contributed by atoms with van der Waals surface area (Å²) >= 11 is 1.29. The van der Waals surface area contributed by atoms with Crippen molar-refractivity contribution in [3.05, 3.63) is 93.3 Å². The van der Waals surface area contributed by atoms with Gasteiger partial charge in [0.05, 0.1) is 11.9 Å². The zero-order valence-electron chi connectivity index (χ0n) is 15.3. The van der Waals surface area contributed by atoms with Gasteiger partial charge in [-0.1, -0.05) is 36.4 Å². The summed E-state index contributed by atoms with van der Waals surface area (Å²) in [6.45, 7) is 1.52. The number of thiophene rings is 1. The van der Waals surface area contributed by atoms with Crippen LogP contribution in [0, 0.1) is 18.6 Å². The van der Waals surface area contributed by atoms with Gasteiger partial charge in [-0.3, -0.25) is 4.79 Å². The molecule has 2 aromatic carbocycles. The molecule has 0 fully saturated rings. The average Bonchev–Trinajstić information content (AvgIpc) is 3.05. The summed E-state index contributed by atoms with van der Waals surface area (Å²) in [7, 11) is 0. The number of aromatic nitrogens is 1. The van der Waals surface area contributed by atoms with E-state index in [1.54, 1.807) is 6.92 Å². The van der Waals surface area contributed by atoms with Gasteiger partial charge in [0.1, 0.15) is 22.0 Å². The Kier molecular flexibility index (Phi) is 4.76. The quantitative estimate of drug-likeness (QED) is 0.510. The molecule has 4 aromatic rings. The molecule has 0 bridgehead atoms. The number of hydrogen-bond donors (Lipinski definition) is 1. The molecule has 0 saturated heterocycles. The number of aromatic carboxylic acids is 1. The van der Waals surface area contributed by atoms with Crippen LogP contribution in [0.25, 0.3) is 20.7 Å². The lowest BCUT2D eigenvalue weighted by Gasteiger charge is -2.11. The minimum Gasteiger partial charge on any atom is -0.477 e. The van der Waals surface area contributed by atoms with Crippen molar-refractivity contribution < 1.29 is 18.7 Å². The maximum Gasteiger partial charge on any atom is 0.341 e. The molecule has 7 heteroatoms. The van der Waals surface area contributed by atoms with Crippen molar-refractivity contribution >= 4 is 27.5 Å². The first-order valence-corrected chi connectivity index (χ1v) is 9.58. The van der Waals surface area contributed by atoms with Gasteiger partial charge in [0, 0.05) is 16.6 Å². The van der Waals surface area contributed by atoms with Crippen molar-refractivity contribution in [2.24, 2.45) is 0 Å². The molecule has 0 spiro atoms. The third kappa shape index (κ3) is 3.23. The largest absolute Gasteiger partial charge is 0.477 e. The SMILES string of the molecule is Cc1c(-c2ccccc2)sc2c1c(=O)c(C(=O)O)cn2Cc1c(F)cccc1F. The minimum absolute atomic E-state index is 0.193. The van der Waals surface area contributed by atoms with E-state index in [1.165, 1.54) is 22.0 Å². The molecule has 29 heavy (non-hydrogen) atoms. The predicted molar refractivity (Wildman–Crippen MR) is 109 cm³/mol. The molecular formula is C22H15F2NO3S. The zero-order valence-corrected chi connectivity index (χ0v) is 16.1. The average molecular weight is 411 g/mol. The van der Waals surface area contributed by atoms with Crippen LogP contribution in [-0.4, -0.2) is 15.6 Å². The number of pyridine rings is 1. The fourth-order valence-electron chi connectivity index (χ4n) is 3.36. The monoisotopic (exact) mass is 411 g/mol. The molecular weight excluding hydrogens is 396 g/mol. The second-order valence-corrected chi connectivity index (χ2v) is 7.61. The molecule has 0 radical (unpaired) electrons. The van der Waals surface area contributed by atoms with E-state index in [2.05, 4.69) is 0 Å². The molecule has 146 valence electrons. The van der Waals surface area contributed by atoms with Crippen LogP contribution in [0.2, 0.25) is 0 Å². The smallest absolute Gasteiger partial charge is 0.341 e. The van der Waals surface area contributed by atoms with Crippen LogP contribution in [-0.2, 0) is 6.54 Å². The van der Waals surface area contributed by atoms with Crippen LogP contribution in [0.3, 0.4) is 0 Å². The number of fused-ring (bicyclic) bond motifs is 1. The number of benzene rings is 2. The van der Waals surface area contributed by atoms with Gasteiger partial charge in [-0.25, -0.2) is 13.6 Å². The highest BCUT2D eigenvalue weighted by Gasteiger charge is 2.22. The molecule has 4 nitrogen and oxygen atoms in total.